The third kappa shape index (κ3) is 4.07. The molecule has 29 heavy (non-hydrogen) atoms. The van der Waals surface area contributed by atoms with Crippen molar-refractivity contribution in [2.24, 2.45) is 0 Å². The molecule has 3 heterocycles. The normalized spacial score (nSPS) is 21.5. The van der Waals surface area contributed by atoms with Gasteiger partial charge in [0.2, 0.25) is 0 Å². The maximum Gasteiger partial charge on any atom is 0.330 e. The third-order valence-corrected chi connectivity index (χ3v) is 4.88. The van der Waals surface area contributed by atoms with Crippen LogP contribution in [0.25, 0.3) is 11.3 Å². The minimum Gasteiger partial charge on any atom is -0.394 e. The Morgan fingerprint density at radius 2 is 2.10 bits per heavy atom. The molecule has 0 bridgehead atoms. The Morgan fingerprint density at radius 1 is 1.31 bits per heavy atom. The SMILES string of the molecule is Cc1cn([C@H]2C[C@H](OCc3cc(-c4ccccc4)no3)[C@@H](CO)O2)c(=O)[nH]c1=O. The first-order valence-corrected chi connectivity index (χ1v) is 9.26. The summed E-state index contributed by atoms with van der Waals surface area (Å²) in [5.74, 6) is 0.543. The predicted octanol–water partition coefficient (Wildman–Crippen LogP) is 1.37. The predicted molar refractivity (Wildman–Crippen MR) is 102 cm³/mol. The van der Waals surface area contributed by atoms with E-state index in [0.717, 1.165) is 5.56 Å². The number of nitrogens with zero attached hydrogens (tertiary/aromatic N) is 2. The lowest BCUT2D eigenvalue weighted by atomic mass is 10.1. The Balaban J connectivity index is 1.44. The van der Waals surface area contributed by atoms with Crippen molar-refractivity contribution in [3.05, 3.63) is 74.8 Å². The number of aryl methyl sites for hydroxylation is 1. The maximum absolute atomic E-state index is 12.1. The fraction of sp³-hybridized carbons (Fsp3) is 0.350. The number of aromatic nitrogens is 3. The third-order valence-electron chi connectivity index (χ3n) is 4.88. The van der Waals surface area contributed by atoms with Crippen LogP contribution in [0.5, 0.6) is 0 Å². The summed E-state index contributed by atoms with van der Waals surface area (Å²) in [5.41, 5.74) is 1.04. The minimum absolute atomic E-state index is 0.149. The van der Waals surface area contributed by atoms with E-state index in [1.165, 1.54) is 10.8 Å². The molecule has 1 saturated heterocycles. The van der Waals surface area contributed by atoms with Crippen molar-refractivity contribution < 1.29 is 19.1 Å². The van der Waals surface area contributed by atoms with Gasteiger partial charge in [-0.15, -0.1) is 0 Å². The summed E-state index contributed by atoms with van der Waals surface area (Å²) in [4.78, 5) is 25.9. The highest BCUT2D eigenvalue weighted by Gasteiger charge is 2.37. The largest absolute Gasteiger partial charge is 0.394 e. The fourth-order valence-electron chi connectivity index (χ4n) is 3.33. The Bertz CT molecular complexity index is 1090. The second kappa shape index (κ2) is 8.16. The number of H-pyrrole nitrogens is 1. The van der Waals surface area contributed by atoms with Crippen molar-refractivity contribution in [1.29, 1.82) is 0 Å². The summed E-state index contributed by atoms with van der Waals surface area (Å²) in [6, 6.07) is 11.4. The molecule has 1 fully saturated rings. The molecule has 3 aromatic rings. The van der Waals surface area contributed by atoms with Crippen molar-refractivity contribution in [1.82, 2.24) is 14.7 Å². The van der Waals surface area contributed by atoms with Crippen LogP contribution in [0.3, 0.4) is 0 Å². The second-order valence-corrected chi connectivity index (χ2v) is 6.92. The minimum atomic E-state index is -0.644. The summed E-state index contributed by atoms with van der Waals surface area (Å²) in [6.07, 6.45) is 0.0986. The molecule has 9 heteroatoms. The molecule has 2 aromatic heterocycles. The van der Waals surface area contributed by atoms with Gasteiger partial charge in [0.15, 0.2) is 5.76 Å². The molecular formula is C20H21N3O6. The van der Waals surface area contributed by atoms with Gasteiger partial charge in [0.1, 0.15) is 24.6 Å². The molecule has 4 rings (SSSR count). The van der Waals surface area contributed by atoms with Gasteiger partial charge < -0.3 is 19.1 Å². The molecule has 2 N–H and O–H groups in total. The van der Waals surface area contributed by atoms with Gasteiger partial charge in [-0.3, -0.25) is 14.3 Å². The number of hydrogen-bond donors (Lipinski definition) is 2. The van der Waals surface area contributed by atoms with E-state index in [1.54, 1.807) is 13.0 Å². The summed E-state index contributed by atoms with van der Waals surface area (Å²) >= 11 is 0. The summed E-state index contributed by atoms with van der Waals surface area (Å²) in [7, 11) is 0. The van der Waals surface area contributed by atoms with E-state index in [-0.39, 0.29) is 13.2 Å². The monoisotopic (exact) mass is 399 g/mol. The zero-order valence-electron chi connectivity index (χ0n) is 15.8. The molecule has 9 nitrogen and oxygen atoms in total. The van der Waals surface area contributed by atoms with Gasteiger partial charge >= 0.3 is 5.69 Å². The van der Waals surface area contributed by atoms with Crippen LogP contribution in [0.2, 0.25) is 0 Å². The zero-order chi connectivity index (χ0) is 20.4. The van der Waals surface area contributed by atoms with Gasteiger partial charge in [0, 0.05) is 29.8 Å². The van der Waals surface area contributed by atoms with E-state index >= 15 is 0 Å². The molecule has 152 valence electrons. The molecule has 0 spiro atoms. The van der Waals surface area contributed by atoms with E-state index in [4.69, 9.17) is 14.0 Å². The zero-order valence-corrected chi connectivity index (χ0v) is 15.8. The van der Waals surface area contributed by atoms with Crippen LogP contribution in [0.1, 0.15) is 24.0 Å². The number of benzene rings is 1. The van der Waals surface area contributed by atoms with E-state index in [9.17, 15) is 14.7 Å². The number of rotatable bonds is 6. The Labute approximate surface area is 165 Å². The van der Waals surface area contributed by atoms with Crippen LogP contribution in [0, 0.1) is 6.92 Å². The number of aliphatic hydroxyl groups excluding tert-OH is 1. The smallest absolute Gasteiger partial charge is 0.330 e. The Kier molecular flexibility index (Phi) is 5.43. The van der Waals surface area contributed by atoms with Crippen LogP contribution in [-0.2, 0) is 16.1 Å². The van der Waals surface area contributed by atoms with Gasteiger partial charge in [0.25, 0.3) is 5.56 Å². The van der Waals surface area contributed by atoms with Crippen molar-refractivity contribution in [3.8, 4) is 11.3 Å². The molecular weight excluding hydrogens is 378 g/mol. The van der Waals surface area contributed by atoms with Crippen LogP contribution in [0.15, 0.2) is 56.7 Å². The highest BCUT2D eigenvalue weighted by molar-refractivity contribution is 5.58. The molecule has 0 unspecified atom stereocenters. The standard InChI is InChI=1S/C20H21N3O6/c1-12-9-23(20(26)21-19(12)25)18-8-16(17(10-24)28-18)27-11-14-7-15(22-29-14)13-5-3-2-4-6-13/h2-7,9,16-18,24H,8,10-11H2,1H3,(H,21,25,26)/t16-,17+,18+/m0/s1. The van der Waals surface area contributed by atoms with Crippen molar-refractivity contribution in [3.63, 3.8) is 0 Å². The van der Waals surface area contributed by atoms with Crippen molar-refractivity contribution >= 4 is 0 Å². The number of hydrogen-bond acceptors (Lipinski definition) is 7. The van der Waals surface area contributed by atoms with Crippen molar-refractivity contribution in [2.45, 2.75) is 38.4 Å². The first kappa shape index (κ1) is 19.3. The van der Waals surface area contributed by atoms with E-state index in [1.807, 2.05) is 30.3 Å². The summed E-state index contributed by atoms with van der Waals surface area (Å²) < 4.78 is 18.3. The van der Waals surface area contributed by atoms with Crippen LogP contribution < -0.4 is 11.2 Å². The lowest BCUT2D eigenvalue weighted by Crippen LogP contribution is -2.33. The summed E-state index contributed by atoms with van der Waals surface area (Å²) in [6.45, 7) is 1.50. The molecule has 0 saturated carbocycles. The van der Waals surface area contributed by atoms with Gasteiger partial charge in [0.05, 0.1) is 12.7 Å². The van der Waals surface area contributed by atoms with Crippen LogP contribution in [0.4, 0.5) is 0 Å². The first-order chi connectivity index (χ1) is 14.0. The highest BCUT2D eigenvalue weighted by atomic mass is 16.6. The van der Waals surface area contributed by atoms with Crippen LogP contribution in [-0.4, -0.2) is 38.6 Å². The van der Waals surface area contributed by atoms with E-state index < -0.39 is 29.7 Å². The molecule has 0 amide bonds. The molecule has 0 aliphatic carbocycles. The van der Waals surface area contributed by atoms with Crippen molar-refractivity contribution in [2.75, 3.05) is 6.61 Å². The molecule has 1 aliphatic heterocycles. The van der Waals surface area contributed by atoms with Gasteiger partial charge in [-0.2, -0.15) is 0 Å². The Morgan fingerprint density at radius 3 is 2.86 bits per heavy atom. The lowest BCUT2D eigenvalue weighted by molar-refractivity contribution is -0.0682. The van der Waals surface area contributed by atoms with Gasteiger partial charge in [-0.1, -0.05) is 35.5 Å². The Hall–Kier alpha value is -3.01. The lowest BCUT2D eigenvalue weighted by Gasteiger charge is -2.15. The number of ether oxygens (including phenoxy) is 2. The molecule has 0 radical (unpaired) electrons. The number of nitrogens with one attached hydrogen (secondary N) is 1. The molecule has 3 atom stereocenters. The second-order valence-electron chi connectivity index (χ2n) is 6.92. The number of aliphatic hydroxyl groups is 1. The average molecular weight is 399 g/mol. The van der Waals surface area contributed by atoms with Crippen LogP contribution >= 0.6 is 0 Å². The van der Waals surface area contributed by atoms with E-state index in [2.05, 4.69) is 10.1 Å². The maximum atomic E-state index is 12.1. The molecule has 1 aliphatic rings. The van der Waals surface area contributed by atoms with Gasteiger partial charge in [-0.25, -0.2) is 4.79 Å². The van der Waals surface area contributed by atoms with E-state index in [0.29, 0.717) is 23.4 Å². The molecule has 1 aromatic carbocycles. The van der Waals surface area contributed by atoms with Gasteiger partial charge in [-0.05, 0) is 6.92 Å². The summed E-state index contributed by atoms with van der Waals surface area (Å²) in [5, 5.41) is 13.7. The fourth-order valence-corrected chi connectivity index (χ4v) is 3.33. The highest BCUT2D eigenvalue weighted by Crippen LogP contribution is 2.30. The quantitative estimate of drug-likeness (QED) is 0.642. The topological polar surface area (TPSA) is 120 Å². The average Bonchev–Trinajstić information content (AvgIpc) is 3.36. The number of aromatic amines is 1. The first-order valence-electron chi connectivity index (χ1n) is 9.26.